The second-order valence-electron chi connectivity index (χ2n) is 7.06. The summed E-state index contributed by atoms with van der Waals surface area (Å²) < 4.78 is 41.3. The molecule has 146 valence electrons. The summed E-state index contributed by atoms with van der Waals surface area (Å²) >= 11 is 0. The smallest absolute Gasteiger partial charge is 0.242 e. The first-order valence-corrected chi connectivity index (χ1v) is 10.2. The van der Waals surface area contributed by atoms with Crippen LogP contribution in [0.4, 0.5) is 10.1 Å². The highest BCUT2D eigenvalue weighted by atomic mass is 32.2. The number of hydrogen-bond acceptors (Lipinski definition) is 3. The summed E-state index contributed by atoms with van der Waals surface area (Å²) in [6, 6.07) is 9.49. The van der Waals surface area contributed by atoms with Crippen LogP contribution in [0.5, 0.6) is 0 Å². The number of hydrogen-bond donors (Lipinski definition) is 2. The minimum atomic E-state index is -3.86. The molecule has 1 atom stereocenters. The second-order valence-corrected chi connectivity index (χ2v) is 8.78. The molecule has 1 unspecified atom stereocenters. The monoisotopic (exact) mass is 392 g/mol. The molecule has 0 spiro atoms. The van der Waals surface area contributed by atoms with Gasteiger partial charge in [0, 0.05) is 5.69 Å². The molecule has 0 fully saturated rings. The predicted octanol–water partition coefficient (Wildman–Crippen LogP) is 3.77. The van der Waals surface area contributed by atoms with E-state index >= 15 is 0 Å². The molecule has 0 saturated heterocycles. The third-order valence-corrected chi connectivity index (χ3v) is 5.60. The zero-order valence-electron chi connectivity index (χ0n) is 15.9. The topological polar surface area (TPSA) is 75.3 Å². The van der Waals surface area contributed by atoms with Crippen LogP contribution in [-0.2, 0) is 14.8 Å². The summed E-state index contributed by atoms with van der Waals surface area (Å²) in [7, 11) is -3.86. The normalized spacial score (nSPS) is 12.8. The van der Waals surface area contributed by atoms with Crippen molar-refractivity contribution in [3.8, 4) is 0 Å². The van der Waals surface area contributed by atoms with Gasteiger partial charge in [0.1, 0.15) is 11.9 Å². The fourth-order valence-electron chi connectivity index (χ4n) is 2.60. The Balaban J connectivity index is 2.24. The van der Waals surface area contributed by atoms with Gasteiger partial charge in [-0.05, 0) is 56.0 Å². The lowest BCUT2D eigenvalue weighted by Gasteiger charge is -2.21. The fourth-order valence-corrected chi connectivity index (χ4v) is 3.81. The quantitative estimate of drug-likeness (QED) is 0.753. The number of carbonyl (C=O) groups is 1. The summed E-state index contributed by atoms with van der Waals surface area (Å²) in [6.07, 6.45) is 0.311. The Morgan fingerprint density at radius 2 is 1.70 bits per heavy atom. The van der Waals surface area contributed by atoms with Crippen LogP contribution in [0.2, 0.25) is 0 Å². The van der Waals surface area contributed by atoms with E-state index in [4.69, 9.17) is 0 Å². The van der Waals surface area contributed by atoms with Gasteiger partial charge >= 0.3 is 0 Å². The maximum Gasteiger partial charge on any atom is 0.242 e. The third kappa shape index (κ3) is 5.87. The number of rotatable bonds is 7. The van der Waals surface area contributed by atoms with Crippen molar-refractivity contribution in [3.63, 3.8) is 0 Å². The van der Waals surface area contributed by atoms with Gasteiger partial charge in [-0.25, -0.2) is 12.8 Å². The molecule has 0 aliphatic carbocycles. The van der Waals surface area contributed by atoms with Crippen molar-refractivity contribution in [2.45, 2.75) is 45.1 Å². The zero-order chi connectivity index (χ0) is 20.2. The number of nitrogens with one attached hydrogen (secondary N) is 2. The van der Waals surface area contributed by atoms with E-state index in [-0.39, 0.29) is 10.8 Å². The summed E-state index contributed by atoms with van der Waals surface area (Å²) in [4.78, 5) is 12.8. The van der Waals surface area contributed by atoms with E-state index < -0.39 is 27.8 Å². The van der Waals surface area contributed by atoms with E-state index in [1.54, 1.807) is 25.1 Å². The molecule has 2 aromatic carbocycles. The van der Waals surface area contributed by atoms with Crippen LogP contribution in [0.3, 0.4) is 0 Å². The molecule has 1 amide bonds. The number of aryl methyl sites for hydroxylation is 2. The lowest BCUT2D eigenvalue weighted by Crippen LogP contribution is -2.44. The van der Waals surface area contributed by atoms with Crippen LogP contribution < -0.4 is 10.0 Å². The van der Waals surface area contributed by atoms with Gasteiger partial charge in [0.05, 0.1) is 4.90 Å². The number of carbonyl (C=O) groups excluding carboxylic acids is 1. The number of sulfonamides is 1. The van der Waals surface area contributed by atoms with E-state index in [1.807, 2.05) is 20.8 Å². The SMILES string of the molecule is Cc1ccc(S(=O)(=O)NC(CC(C)C)C(=O)Nc2cc(F)ccc2C)cc1. The fraction of sp³-hybridized carbons (Fsp3) is 0.350. The standard InChI is InChI=1S/C20H25FN2O3S/c1-13(2)11-19(20(24)22-18-12-16(21)8-7-15(18)4)23-27(25,26)17-9-5-14(3)6-10-17/h5-10,12-13,19,23H,11H2,1-4H3,(H,22,24). The highest BCUT2D eigenvalue weighted by Crippen LogP contribution is 2.18. The Labute approximate surface area is 160 Å². The third-order valence-electron chi connectivity index (χ3n) is 4.11. The first-order chi connectivity index (χ1) is 12.6. The van der Waals surface area contributed by atoms with Gasteiger partial charge in [0.25, 0.3) is 0 Å². The lowest BCUT2D eigenvalue weighted by molar-refractivity contribution is -0.118. The van der Waals surface area contributed by atoms with Crippen LogP contribution in [0.1, 0.15) is 31.4 Å². The Hall–Kier alpha value is -2.25. The van der Waals surface area contributed by atoms with Gasteiger partial charge in [-0.2, -0.15) is 4.72 Å². The van der Waals surface area contributed by atoms with E-state index in [2.05, 4.69) is 10.0 Å². The van der Waals surface area contributed by atoms with Gasteiger partial charge in [-0.1, -0.05) is 37.6 Å². The maximum atomic E-state index is 13.5. The highest BCUT2D eigenvalue weighted by molar-refractivity contribution is 7.89. The molecule has 2 rings (SSSR count). The number of anilines is 1. The molecule has 7 heteroatoms. The summed E-state index contributed by atoms with van der Waals surface area (Å²) in [5, 5.41) is 2.63. The van der Waals surface area contributed by atoms with Crippen molar-refractivity contribution in [1.82, 2.24) is 4.72 Å². The Morgan fingerprint density at radius 3 is 2.30 bits per heavy atom. The average molecular weight is 392 g/mol. The molecule has 0 aliphatic rings. The van der Waals surface area contributed by atoms with Crippen LogP contribution in [0, 0.1) is 25.6 Å². The number of amides is 1. The second kappa shape index (κ2) is 8.63. The lowest BCUT2D eigenvalue weighted by atomic mass is 10.0. The molecule has 2 N–H and O–H groups in total. The Morgan fingerprint density at radius 1 is 1.07 bits per heavy atom. The van der Waals surface area contributed by atoms with Crippen molar-refractivity contribution in [1.29, 1.82) is 0 Å². The molecule has 0 bridgehead atoms. The van der Waals surface area contributed by atoms with Crippen molar-refractivity contribution in [3.05, 3.63) is 59.4 Å². The molecule has 0 heterocycles. The van der Waals surface area contributed by atoms with E-state index in [9.17, 15) is 17.6 Å². The minimum Gasteiger partial charge on any atom is -0.324 e. The zero-order valence-corrected chi connectivity index (χ0v) is 16.7. The molecule has 0 aliphatic heterocycles. The number of halogens is 1. The summed E-state index contributed by atoms with van der Waals surface area (Å²) in [6.45, 7) is 7.39. The van der Waals surface area contributed by atoms with Gasteiger partial charge in [-0.3, -0.25) is 4.79 Å². The van der Waals surface area contributed by atoms with E-state index in [0.29, 0.717) is 17.7 Å². The number of benzene rings is 2. The summed E-state index contributed by atoms with van der Waals surface area (Å²) in [5.74, 6) is -0.917. The van der Waals surface area contributed by atoms with Crippen molar-refractivity contribution >= 4 is 21.6 Å². The molecule has 0 aromatic heterocycles. The van der Waals surface area contributed by atoms with Gasteiger partial charge in [0.15, 0.2) is 0 Å². The molecule has 27 heavy (non-hydrogen) atoms. The van der Waals surface area contributed by atoms with Crippen molar-refractivity contribution < 1.29 is 17.6 Å². The first-order valence-electron chi connectivity index (χ1n) is 8.74. The van der Waals surface area contributed by atoms with Crippen LogP contribution in [0.25, 0.3) is 0 Å². The summed E-state index contributed by atoms with van der Waals surface area (Å²) in [5.41, 5.74) is 1.95. The molecular weight excluding hydrogens is 367 g/mol. The van der Waals surface area contributed by atoms with E-state index in [0.717, 1.165) is 5.56 Å². The van der Waals surface area contributed by atoms with Crippen molar-refractivity contribution in [2.24, 2.45) is 5.92 Å². The molecule has 5 nitrogen and oxygen atoms in total. The highest BCUT2D eigenvalue weighted by Gasteiger charge is 2.27. The van der Waals surface area contributed by atoms with Crippen LogP contribution >= 0.6 is 0 Å². The first kappa shape index (κ1) is 21.1. The van der Waals surface area contributed by atoms with Crippen molar-refractivity contribution in [2.75, 3.05) is 5.32 Å². The average Bonchev–Trinajstić information content (AvgIpc) is 2.57. The largest absolute Gasteiger partial charge is 0.324 e. The van der Waals surface area contributed by atoms with Crippen LogP contribution in [0.15, 0.2) is 47.4 Å². The Kier molecular flexibility index (Phi) is 6.73. The van der Waals surface area contributed by atoms with Gasteiger partial charge < -0.3 is 5.32 Å². The predicted molar refractivity (Wildman–Crippen MR) is 105 cm³/mol. The molecule has 0 radical (unpaired) electrons. The maximum absolute atomic E-state index is 13.5. The minimum absolute atomic E-state index is 0.0788. The van der Waals surface area contributed by atoms with E-state index in [1.165, 1.54) is 24.3 Å². The van der Waals surface area contributed by atoms with Gasteiger partial charge in [-0.15, -0.1) is 0 Å². The molecule has 0 saturated carbocycles. The van der Waals surface area contributed by atoms with Gasteiger partial charge in [0.2, 0.25) is 15.9 Å². The molecular formula is C20H25FN2O3S. The Bertz CT molecular complexity index is 909. The van der Waals surface area contributed by atoms with Crippen LogP contribution in [-0.4, -0.2) is 20.4 Å². The molecule has 2 aromatic rings.